The molecule has 0 aliphatic heterocycles. The Balaban J connectivity index is 1.44. The molecule has 9 nitrogen and oxygen atoms in total. The minimum atomic E-state index is -0.594. The van der Waals surface area contributed by atoms with E-state index < -0.39 is 11.8 Å². The van der Waals surface area contributed by atoms with Gasteiger partial charge in [-0.1, -0.05) is 40.0 Å². The van der Waals surface area contributed by atoms with Crippen molar-refractivity contribution in [1.29, 1.82) is 0 Å². The van der Waals surface area contributed by atoms with E-state index in [9.17, 15) is 9.59 Å². The molecule has 3 aromatic rings. The van der Waals surface area contributed by atoms with Crippen molar-refractivity contribution in [1.82, 2.24) is 20.8 Å². The molecule has 0 aliphatic carbocycles. The predicted octanol–water partition coefficient (Wildman–Crippen LogP) is 3.63. The zero-order chi connectivity index (χ0) is 23.1. The monoisotopic (exact) mass is 498 g/mol. The molecule has 1 heterocycles. The Hall–Kier alpha value is -3.01. The van der Waals surface area contributed by atoms with E-state index in [1.54, 1.807) is 30.3 Å². The lowest BCUT2D eigenvalue weighted by molar-refractivity contribution is -0.123. The summed E-state index contributed by atoms with van der Waals surface area (Å²) in [6.45, 7) is 0.0413. The van der Waals surface area contributed by atoms with E-state index >= 15 is 0 Å². The van der Waals surface area contributed by atoms with Gasteiger partial charge in [-0.05, 0) is 36.4 Å². The van der Waals surface area contributed by atoms with Crippen LogP contribution in [0.2, 0.25) is 15.1 Å². The van der Waals surface area contributed by atoms with Gasteiger partial charge in [-0.2, -0.15) is 4.98 Å². The molecular formula is C20H17Cl3N4O5. The lowest BCUT2D eigenvalue weighted by Gasteiger charge is -2.09. The summed E-state index contributed by atoms with van der Waals surface area (Å²) in [5.74, 6) is -0.258. The van der Waals surface area contributed by atoms with E-state index in [4.69, 9.17) is 48.8 Å². The maximum absolute atomic E-state index is 12.2. The summed E-state index contributed by atoms with van der Waals surface area (Å²) in [7, 11) is 1.49. The highest BCUT2D eigenvalue weighted by Gasteiger charge is 2.18. The van der Waals surface area contributed by atoms with Crippen LogP contribution in [0.4, 0.5) is 0 Å². The van der Waals surface area contributed by atoms with E-state index in [0.717, 1.165) is 0 Å². The number of methoxy groups -OCH3 is 1. The van der Waals surface area contributed by atoms with E-state index in [-0.39, 0.29) is 31.4 Å². The summed E-state index contributed by atoms with van der Waals surface area (Å²) in [4.78, 5) is 28.1. The van der Waals surface area contributed by atoms with Crippen LogP contribution in [0.1, 0.15) is 10.7 Å². The second-order valence-corrected chi connectivity index (χ2v) is 7.52. The van der Waals surface area contributed by atoms with Gasteiger partial charge in [0.15, 0.2) is 6.61 Å². The van der Waals surface area contributed by atoms with Crippen LogP contribution in [0.5, 0.6) is 11.5 Å². The zero-order valence-corrected chi connectivity index (χ0v) is 18.9. The fraction of sp³-hybridized carbons (Fsp3) is 0.200. The van der Waals surface area contributed by atoms with Crippen molar-refractivity contribution in [3.63, 3.8) is 0 Å². The van der Waals surface area contributed by atoms with Crippen LogP contribution in [0.3, 0.4) is 0 Å². The average molecular weight is 500 g/mol. The first-order chi connectivity index (χ1) is 15.4. The van der Waals surface area contributed by atoms with Crippen molar-refractivity contribution in [2.24, 2.45) is 0 Å². The molecule has 0 radical (unpaired) electrons. The van der Waals surface area contributed by atoms with Crippen molar-refractivity contribution < 1.29 is 23.6 Å². The number of hydrogen-bond acceptors (Lipinski definition) is 7. The van der Waals surface area contributed by atoms with Crippen LogP contribution in [0.25, 0.3) is 11.4 Å². The first kappa shape index (κ1) is 23.6. The number of hydrogen-bond donors (Lipinski definition) is 2. The van der Waals surface area contributed by atoms with Crippen molar-refractivity contribution >= 4 is 46.6 Å². The molecule has 168 valence electrons. The number of rotatable bonds is 9. The van der Waals surface area contributed by atoms with Gasteiger partial charge in [-0.3, -0.25) is 9.59 Å². The minimum absolute atomic E-state index is 0.129. The van der Waals surface area contributed by atoms with E-state index in [2.05, 4.69) is 20.8 Å². The number of nitrogens with one attached hydrogen (secondary N) is 2. The first-order valence-electron chi connectivity index (χ1n) is 9.17. The Kier molecular flexibility index (Phi) is 8.15. The maximum atomic E-state index is 12.2. The average Bonchev–Trinajstić information content (AvgIpc) is 3.26. The standard InChI is InChI=1S/C20H17Cl3N4O5/c1-30-15-4-2-11(21)8-13(15)18-26-20(32-27-18)19(29)25-7-6-24-17(28)10-31-16-5-3-12(22)9-14(16)23/h2-5,8-9H,6-7,10H2,1H3,(H,24,28)(H,25,29). The van der Waals surface area contributed by atoms with Crippen LogP contribution in [0, 0.1) is 0 Å². The molecule has 0 unspecified atom stereocenters. The third-order valence-corrected chi connectivity index (χ3v) is 4.77. The van der Waals surface area contributed by atoms with Crippen LogP contribution in [-0.2, 0) is 4.79 Å². The highest BCUT2D eigenvalue weighted by Crippen LogP contribution is 2.30. The van der Waals surface area contributed by atoms with Gasteiger partial charge in [0.05, 0.1) is 17.7 Å². The number of amides is 2. The number of ether oxygens (including phenoxy) is 2. The number of carbonyl (C=O) groups is 2. The van der Waals surface area contributed by atoms with Gasteiger partial charge in [0.2, 0.25) is 5.82 Å². The molecule has 0 saturated carbocycles. The molecule has 0 fully saturated rings. The normalized spacial score (nSPS) is 10.5. The second-order valence-electron chi connectivity index (χ2n) is 6.24. The van der Waals surface area contributed by atoms with E-state index in [1.807, 2.05) is 0 Å². The van der Waals surface area contributed by atoms with Crippen LogP contribution in [-0.4, -0.2) is 48.8 Å². The van der Waals surface area contributed by atoms with E-state index in [0.29, 0.717) is 32.1 Å². The zero-order valence-electron chi connectivity index (χ0n) is 16.7. The van der Waals surface area contributed by atoms with Crippen molar-refractivity contribution in [2.75, 3.05) is 26.8 Å². The van der Waals surface area contributed by atoms with Crippen molar-refractivity contribution in [2.45, 2.75) is 0 Å². The van der Waals surface area contributed by atoms with Gasteiger partial charge in [0, 0.05) is 23.1 Å². The molecule has 32 heavy (non-hydrogen) atoms. The number of carbonyl (C=O) groups excluding carboxylic acids is 2. The molecule has 3 rings (SSSR count). The minimum Gasteiger partial charge on any atom is -0.496 e. The molecular weight excluding hydrogens is 483 g/mol. The first-order valence-corrected chi connectivity index (χ1v) is 10.3. The van der Waals surface area contributed by atoms with Gasteiger partial charge in [0.1, 0.15) is 11.5 Å². The van der Waals surface area contributed by atoms with Gasteiger partial charge in [-0.25, -0.2) is 0 Å². The SMILES string of the molecule is COc1ccc(Cl)cc1-c1noc(C(=O)NCCNC(=O)COc2ccc(Cl)cc2Cl)n1. The van der Waals surface area contributed by atoms with Crippen molar-refractivity contribution in [3.05, 3.63) is 57.4 Å². The molecule has 0 saturated heterocycles. The van der Waals surface area contributed by atoms with E-state index in [1.165, 1.54) is 13.2 Å². The molecule has 0 bridgehead atoms. The molecule has 2 N–H and O–H groups in total. The Labute approximate surface area is 197 Å². The summed E-state index contributed by atoms with van der Waals surface area (Å²) in [6, 6.07) is 9.58. The lowest BCUT2D eigenvalue weighted by atomic mass is 10.2. The van der Waals surface area contributed by atoms with Gasteiger partial charge < -0.3 is 24.6 Å². The lowest BCUT2D eigenvalue weighted by Crippen LogP contribution is -2.36. The summed E-state index contributed by atoms with van der Waals surface area (Å²) in [5, 5.41) is 10.2. The Bertz CT molecular complexity index is 1120. The molecule has 2 amide bonds. The Morgan fingerprint density at radius 2 is 1.69 bits per heavy atom. The van der Waals surface area contributed by atoms with Crippen molar-refractivity contribution in [3.8, 4) is 22.9 Å². The smallest absolute Gasteiger partial charge is 0.316 e. The largest absolute Gasteiger partial charge is 0.496 e. The Morgan fingerprint density at radius 1 is 1.00 bits per heavy atom. The van der Waals surface area contributed by atoms with Crippen LogP contribution >= 0.6 is 34.8 Å². The Morgan fingerprint density at radius 3 is 2.41 bits per heavy atom. The number of aromatic nitrogens is 2. The summed E-state index contributed by atoms with van der Waals surface area (Å²) >= 11 is 17.8. The second kappa shape index (κ2) is 11.0. The number of nitrogens with zero attached hydrogens (tertiary/aromatic N) is 2. The number of benzene rings is 2. The quantitative estimate of drug-likeness (QED) is 0.432. The summed E-state index contributed by atoms with van der Waals surface area (Å²) < 4.78 is 15.6. The molecule has 0 spiro atoms. The fourth-order valence-electron chi connectivity index (χ4n) is 2.52. The predicted molar refractivity (Wildman–Crippen MR) is 119 cm³/mol. The van der Waals surface area contributed by atoms with Gasteiger partial charge in [0.25, 0.3) is 5.91 Å². The maximum Gasteiger partial charge on any atom is 0.316 e. The fourth-order valence-corrected chi connectivity index (χ4v) is 3.16. The summed E-state index contributed by atoms with van der Waals surface area (Å²) in [6.07, 6.45) is 0. The van der Waals surface area contributed by atoms with Crippen LogP contribution < -0.4 is 20.1 Å². The topological polar surface area (TPSA) is 116 Å². The molecule has 12 heteroatoms. The molecule has 0 aliphatic rings. The van der Waals surface area contributed by atoms with Gasteiger partial charge in [-0.15, -0.1) is 0 Å². The molecule has 2 aromatic carbocycles. The number of halogens is 3. The third-order valence-electron chi connectivity index (χ3n) is 4.01. The highest BCUT2D eigenvalue weighted by atomic mass is 35.5. The molecule has 0 atom stereocenters. The highest BCUT2D eigenvalue weighted by molar-refractivity contribution is 6.35. The third kappa shape index (κ3) is 6.25. The summed E-state index contributed by atoms with van der Waals surface area (Å²) in [5.41, 5.74) is 0.482. The van der Waals surface area contributed by atoms with Gasteiger partial charge >= 0.3 is 11.8 Å². The molecule has 1 aromatic heterocycles. The van der Waals surface area contributed by atoms with Crippen LogP contribution in [0.15, 0.2) is 40.9 Å².